The van der Waals surface area contributed by atoms with Crippen LogP contribution in [0.5, 0.6) is 0 Å². The van der Waals surface area contributed by atoms with E-state index >= 15 is 0 Å². The number of carbonyl (C=O) groups excluding carboxylic acids is 2. The van der Waals surface area contributed by atoms with Crippen molar-refractivity contribution in [2.24, 2.45) is 0 Å². The zero-order valence-corrected chi connectivity index (χ0v) is 15.1. The molecule has 0 aliphatic carbocycles. The van der Waals surface area contributed by atoms with Crippen molar-refractivity contribution in [2.75, 3.05) is 26.2 Å². The average Bonchev–Trinajstić information content (AvgIpc) is 2.80. The molecule has 1 heterocycles. The van der Waals surface area contributed by atoms with Crippen LogP contribution in [0.1, 0.15) is 32.1 Å². The molecule has 8 heteroatoms. The molecule has 7 nitrogen and oxygen atoms in total. The molecule has 25 heavy (non-hydrogen) atoms. The third kappa shape index (κ3) is 6.47. The Morgan fingerprint density at radius 3 is 2.60 bits per heavy atom. The number of nitrogens with one attached hydrogen (secondary N) is 2. The first-order valence-corrected chi connectivity index (χ1v) is 10.1. The molecule has 1 aliphatic rings. The lowest BCUT2D eigenvalue weighted by atomic mass is 10.2. The normalized spacial score (nSPS) is 15.7. The van der Waals surface area contributed by atoms with Crippen LogP contribution in [0.25, 0.3) is 0 Å². The molecule has 1 saturated heterocycles. The van der Waals surface area contributed by atoms with Crippen molar-refractivity contribution in [3.05, 3.63) is 30.3 Å². The molecule has 138 valence electrons. The summed E-state index contributed by atoms with van der Waals surface area (Å²) >= 11 is 0. The number of amides is 2. The van der Waals surface area contributed by atoms with Crippen molar-refractivity contribution in [2.45, 2.75) is 37.0 Å². The molecule has 0 atom stereocenters. The highest BCUT2D eigenvalue weighted by Gasteiger charge is 2.16. The first kappa shape index (κ1) is 19.4. The maximum Gasteiger partial charge on any atom is 0.240 e. The zero-order valence-electron chi connectivity index (χ0n) is 14.2. The van der Waals surface area contributed by atoms with Crippen LogP contribution >= 0.6 is 0 Å². The fraction of sp³-hybridized carbons (Fsp3) is 0.529. The maximum absolute atomic E-state index is 12.0. The number of hydrogen-bond acceptors (Lipinski definition) is 4. The standard InChI is InChI=1S/C17H25N3O4S/c21-16(18-12-14-20-13-6-2-5-9-17(20)22)10-11-19-25(23,24)15-7-3-1-4-8-15/h1,3-4,7-8,19H,2,5-6,9-14H2,(H,18,21). The summed E-state index contributed by atoms with van der Waals surface area (Å²) < 4.78 is 26.4. The smallest absolute Gasteiger partial charge is 0.240 e. The highest BCUT2D eigenvalue weighted by atomic mass is 32.2. The van der Waals surface area contributed by atoms with E-state index in [1.165, 1.54) is 12.1 Å². The molecule has 0 aromatic heterocycles. The predicted octanol–water partition coefficient (Wildman–Crippen LogP) is 0.874. The average molecular weight is 367 g/mol. The number of likely N-dealkylation sites (tertiary alicyclic amines) is 1. The number of sulfonamides is 1. The van der Waals surface area contributed by atoms with Crippen LogP contribution in [0.3, 0.4) is 0 Å². The van der Waals surface area contributed by atoms with Gasteiger partial charge in [0.1, 0.15) is 0 Å². The van der Waals surface area contributed by atoms with E-state index in [9.17, 15) is 18.0 Å². The van der Waals surface area contributed by atoms with E-state index in [2.05, 4.69) is 10.0 Å². The highest BCUT2D eigenvalue weighted by Crippen LogP contribution is 2.10. The molecule has 1 aromatic rings. The number of hydrogen-bond donors (Lipinski definition) is 2. The minimum absolute atomic E-state index is 0.0334. The van der Waals surface area contributed by atoms with Gasteiger partial charge in [0.25, 0.3) is 0 Å². The lowest BCUT2D eigenvalue weighted by Crippen LogP contribution is -2.39. The number of nitrogens with zero attached hydrogens (tertiary/aromatic N) is 1. The molecule has 0 saturated carbocycles. The van der Waals surface area contributed by atoms with Crippen molar-refractivity contribution in [3.8, 4) is 0 Å². The lowest BCUT2D eigenvalue weighted by molar-refractivity contribution is -0.131. The van der Waals surface area contributed by atoms with E-state index in [4.69, 9.17) is 0 Å². The van der Waals surface area contributed by atoms with E-state index in [1.54, 1.807) is 23.1 Å². The van der Waals surface area contributed by atoms with Crippen LogP contribution in [0, 0.1) is 0 Å². The Labute approximate surface area is 148 Å². The van der Waals surface area contributed by atoms with Crippen LogP contribution in [0.15, 0.2) is 35.2 Å². The van der Waals surface area contributed by atoms with Gasteiger partial charge in [0.15, 0.2) is 0 Å². The second kappa shape index (κ2) is 9.53. The van der Waals surface area contributed by atoms with Gasteiger partial charge >= 0.3 is 0 Å². The van der Waals surface area contributed by atoms with Crippen molar-refractivity contribution in [1.29, 1.82) is 0 Å². The second-order valence-corrected chi connectivity index (χ2v) is 7.77. The van der Waals surface area contributed by atoms with Crippen LogP contribution in [-0.4, -0.2) is 51.3 Å². The Balaban J connectivity index is 1.66. The van der Waals surface area contributed by atoms with Gasteiger partial charge in [0.05, 0.1) is 4.90 Å². The fourth-order valence-corrected chi connectivity index (χ4v) is 3.73. The Morgan fingerprint density at radius 1 is 1.08 bits per heavy atom. The molecule has 2 N–H and O–H groups in total. The first-order valence-electron chi connectivity index (χ1n) is 8.58. The minimum atomic E-state index is -3.59. The van der Waals surface area contributed by atoms with Crippen LogP contribution in [0.2, 0.25) is 0 Å². The van der Waals surface area contributed by atoms with Crippen molar-refractivity contribution in [3.63, 3.8) is 0 Å². The molecule has 0 radical (unpaired) electrons. The summed E-state index contributed by atoms with van der Waals surface area (Å²) in [6.45, 7) is 1.66. The van der Waals surface area contributed by atoms with Gasteiger partial charge in [-0.3, -0.25) is 9.59 Å². The van der Waals surface area contributed by atoms with Crippen LogP contribution in [-0.2, 0) is 19.6 Å². The fourth-order valence-electron chi connectivity index (χ4n) is 2.68. The summed E-state index contributed by atoms with van der Waals surface area (Å²) in [5, 5.41) is 2.73. The molecule has 1 fully saturated rings. The largest absolute Gasteiger partial charge is 0.354 e. The van der Waals surface area contributed by atoms with Crippen LogP contribution < -0.4 is 10.0 Å². The molecule has 2 amide bonds. The number of carbonyl (C=O) groups is 2. The molecule has 0 bridgehead atoms. The van der Waals surface area contributed by atoms with Gasteiger partial charge in [0, 0.05) is 39.0 Å². The Hall–Kier alpha value is -1.93. The first-order chi connectivity index (χ1) is 12.0. The highest BCUT2D eigenvalue weighted by molar-refractivity contribution is 7.89. The Kier molecular flexibility index (Phi) is 7.39. The summed E-state index contributed by atoms with van der Waals surface area (Å²) in [6.07, 6.45) is 3.63. The lowest BCUT2D eigenvalue weighted by Gasteiger charge is -2.20. The van der Waals surface area contributed by atoms with E-state index < -0.39 is 10.0 Å². The van der Waals surface area contributed by atoms with Gasteiger partial charge in [-0.05, 0) is 25.0 Å². The minimum Gasteiger partial charge on any atom is -0.354 e. The van der Waals surface area contributed by atoms with Gasteiger partial charge in [0.2, 0.25) is 21.8 Å². The van der Waals surface area contributed by atoms with Gasteiger partial charge in [-0.25, -0.2) is 13.1 Å². The molecule has 0 unspecified atom stereocenters. The third-order valence-electron chi connectivity index (χ3n) is 4.07. The third-order valence-corrected chi connectivity index (χ3v) is 5.55. The van der Waals surface area contributed by atoms with E-state index in [0.717, 1.165) is 25.8 Å². The topological polar surface area (TPSA) is 95.6 Å². The predicted molar refractivity (Wildman–Crippen MR) is 94.3 cm³/mol. The van der Waals surface area contributed by atoms with Gasteiger partial charge in [-0.15, -0.1) is 0 Å². The van der Waals surface area contributed by atoms with Gasteiger partial charge in [-0.2, -0.15) is 0 Å². The Bertz CT molecular complexity index is 676. The van der Waals surface area contributed by atoms with E-state index in [0.29, 0.717) is 19.5 Å². The zero-order chi connectivity index (χ0) is 18.1. The van der Waals surface area contributed by atoms with Crippen LogP contribution in [0.4, 0.5) is 0 Å². The maximum atomic E-state index is 12.0. The van der Waals surface area contributed by atoms with Gasteiger partial charge in [-0.1, -0.05) is 24.6 Å². The number of rotatable bonds is 8. The summed E-state index contributed by atoms with van der Waals surface area (Å²) in [5.41, 5.74) is 0. The van der Waals surface area contributed by atoms with Crippen molar-refractivity contribution < 1.29 is 18.0 Å². The summed E-state index contributed by atoms with van der Waals surface area (Å²) in [5.74, 6) is -0.0968. The summed E-state index contributed by atoms with van der Waals surface area (Å²) in [7, 11) is -3.59. The molecular weight excluding hydrogens is 342 g/mol. The number of benzene rings is 1. The van der Waals surface area contributed by atoms with Crippen molar-refractivity contribution in [1.82, 2.24) is 14.9 Å². The van der Waals surface area contributed by atoms with Gasteiger partial charge < -0.3 is 10.2 Å². The molecule has 1 aromatic carbocycles. The SMILES string of the molecule is O=C(CCNS(=O)(=O)c1ccccc1)NCCN1CCCCCC1=O. The molecule has 0 spiro atoms. The van der Waals surface area contributed by atoms with E-state index in [1.807, 2.05) is 0 Å². The monoisotopic (exact) mass is 367 g/mol. The molecule has 1 aliphatic heterocycles. The summed E-state index contributed by atoms with van der Waals surface area (Å²) in [4.78, 5) is 25.6. The quantitative estimate of drug-likeness (QED) is 0.713. The van der Waals surface area contributed by atoms with E-state index in [-0.39, 0.29) is 29.7 Å². The Morgan fingerprint density at radius 2 is 1.84 bits per heavy atom. The summed E-state index contributed by atoms with van der Waals surface area (Å²) in [6, 6.07) is 8.03. The second-order valence-electron chi connectivity index (χ2n) is 6.00. The molecular formula is C17H25N3O4S. The molecule has 2 rings (SSSR count). The van der Waals surface area contributed by atoms with Crippen molar-refractivity contribution >= 4 is 21.8 Å².